The molecule has 0 aromatic carbocycles. The van der Waals surface area contributed by atoms with Crippen LogP contribution in [-0.4, -0.2) is 70.4 Å². The van der Waals surface area contributed by atoms with E-state index in [0.29, 0.717) is 49.2 Å². The fraction of sp³-hybridized carbons (Fsp3) is 0.588. The minimum absolute atomic E-state index is 0.0491. The van der Waals surface area contributed by atoms with E-state index >= 15 is 0 Å². The van der Waals surface area contributed by atoms with Gasteiger partial charge in [0.1, 0.15) is 5.16 Å². The molecule has 170 valence electrons. The van der Waals surface area contributed by atoms with Gasteiger partial charge in [0.2, 0.25) is 17.8 Å². The van der Waals surface area contributed by atoms with Crippen LogP contribution in [-0.2, 0) is 0 Å². The van der Waals surface area contributed by atoms with Crippen LogP contribution in [0.4, 0.5) is 17.8 Å². The van der Waals surface area contributed by atoms with Crippen molar-refractivity contribution < 1.29 is 0 Å². The monoisotopic (exact) mass is 451 g/mol. The second-order valence-electron chi connectivity index (χ2n) is 8.16. The molecule has 3 aliphatic heterocycles. The minimum Gasteiger partial charge on any atom is -0.338 e. The first-order valence-corrected chi connectivity index (χ1v) is 10.6. The van der Waals surface area contributed by atoms with Crippen molar-refractivity contribution in [1.82, 2.24) is 31.0 Å². The third-order valence-electron chi connectivity index (χ3n) is 5.20. The highest BCUT2D eigenvalue weighted by atomic mass is 35.5. The lowest BCUT2D eigenvalue weighted by molar-refractivity contribution is 0.233. The van der Waals surface area contributed by atoms with Crippen LogP contribution in [0.1, 0.15) is 12.8 Å². The van der Waals surface area contributed by atoms with Gasteiger partial charge in [-0.2, -0.15) is 15.0 Å². The van der Waals surface area contributed by atoms with Gasteiger partial charge in [0.05, 0.1) is 0 Å². The molecule has 0 unspecified atom stereocenters. The van der Waals surface area contributed by atoms with Crippen molar-refractivity contribution in [3.8, 4) is 0 Å². The van der Waals surface area contributed by atoms with E-state index in [1.165, 1.54) is 5.12 Å². The normalized spacial score (nSPS) is 28.9. The van der Waals surface area contributed by atoms with Gasteiger partial charge in [0, 0.05) is 56.5 Å². The van der Waals surface area contributed by atoms with E-state index in [4.69, 9.17) is 39.5 Å². The average Bonchev–Trinajstić information content (AvgIpc) is 2.71. The van der Waals surface area contributed by atoms with Crippen molar-refractivity contribution in [1.29, 1.82) is 0 Å². The van der Waals surface area contributed by atoms with E-state index < -0.39 is 0 Å². The summed E-state index contributed by atoms with van der Waals surface area (Å²) in [5.41, 5.74) is 33.5. The van der Waals surface area contributed by atoms with Crippen LogP contribution >= 0.6 is 11.6 Å². The molecule has 13 nitrogen and oxygen atoms in total. The molecule has 4 rings (SSSR count). The van der Waals surface area contributed by atoms with Crippen molar-refractivity contribution in [2.24, 2.45) is 22.9 Å². The Morgan fingerprint density at radius 3 is 1.87 bits per heavy atom. The summed E-state index contributed by atoms with van der Waals surface area (Å²) >= 11 is 5.99. The number of aromatic nitrogens is 3. The molecule has 0 amide bonds. The summed E-state index contributed by atoms with van der Waals surface area (Å²) in [5.74, 6) is 1.31. The number of allylic oxidation sites excluding steroid dienone is 2. The molecule has 2 saturated heterocycles. The van der Waals surface area contributed by atoms with Crippen molar-refractivity contribution in [2.75, 3.05) is 41.4 Å². The first-order valence-electron chi connectivity index (χ1n) is 10.3. The number of hydrogen-bond donors (Lipinski definition) is 7. The number of halogens is 1. The molecule has 0 radical (unpaired) electrons. The highest BCUT2D eigenvalue weighted by Gasteiger charge is 2.28. The average molecular weight is 452 g/mol. The molecule has 14 heteroatoms. The van der Waals surface area contributed by atoms with Gasteiger partial charge in [-0.3, -0.25) is 10.9 Å². The second kappa shape index (κ2) is 9.38. The van der Waals surface area contributed by atoms with E-state index in [9.17, 15) is 0 Å². The highest BCUT2D eigenvalue weighted by molar-refractivity contribution is 6.29. The van der Waals surface area contributed by atoms with Gasteiger partial charge in [-0.05, 0) is 25.0 Å². The zero-order valence-corrected chi connectivity index (χ0v) is 17.9. The van der Waals surface area contributed by atoms with Crippen molar-refractivity contribution in [2.45, 2.75) is 37.0 Å². The molecule has 1 aromatic rings. The fourth-order valence-electron chi connectivity index (χ4n) is 3.96. The van der Waals surface area contributed by atoms with Crippen LogP contribution in [0.15, 0.2) is 23.5 Å². The number of nitrogens with zero attached hydrogens (tertiary/aromatic N) is 6. The molecule has 0 spiro atoms. The lowest BCUT2D eigenvalue weighted by atomic mass is 10.0. The maximum Gasteiger partial charge on any atom is 0.245 e. The molecule has 31 heavy (non-hydrogen) atoms. The summed E-state index contributed by atoms with van der Waals surface area (Å²) in [5, 5.41) is 1.99. The maximum atomic E-state index is 6.17. The predicted molar refractivity (Wildman–Crippen MR) is 120 cm³/mol. The van der Waals surface area contributed by atoms with Gasteiger partial charge in [-0.25, -0.2) is 5.12 Å². The van der Waals surface area contributed by atoms with E-state index in [1.54, 1.807) is 18.4 Å². The Bertz CT molecular complexity index is 768. The Morgan fingerprint density at radius 1 is 0.871 bits per heavy atom. The quantitative estimate of drug-likeness (QED) is 0.189. The van der Waals surface area contributed by atoms with Crippen LogP contribution in [0.2, 0.25) is 0 Å². The third-order valence-corrected chi connectivity index (χ3v) is 5.41. The summed E-state index contributed by atoms with van der Waals surface area (Å²) < 4.78 is 0. The Hall–Kier alpha value is -2.42. The number of anilines is 3. The lowest BCUT2D eigenvalue weighted by Crippen LogP contribution is -2.54. The third kappa shape index (κ3) is 5.64. The molecule has 0 saturated carbocycles. The molecule has 3 aliphatic rings. The molecule has 0 bridgehead atoms. The molecule has 11 N–H and O–H groups in total. The Labute approximate surface area is 185 Å². The van der Waals surface area contributed by atoms with Crippen molar-refractivity contribution in [3.05, 3.63) is 23.5 Å². The smallest absolute Gasteiger partial charge is 0.245 e. The first-order chi connectivity index (χ1) is 14.9. The van der Waals surface area contributed by atoms with E-state index in [-0.39, 0.29) is 24.2 Å². The standard InChI is InChI=1S/C17H30ClN13/c18-14-2-1-3-31(27-14)28-26-15-23-16(29-6-10(19)4-11(20)7-29)25-17(24-15)30-8-12(21)5-13(22)9-30/h1-3,10-13,27-28H,4-9,19-22H2,(H,23,24,25,26)/t10-,11+,12-,13+. The summed E-state index contributed by atoms with van der Waals surface area (Å²) in [4.78, 5) is 17.8. The van der Waals surface area contributed by atoms with Gasteiger partial charge in [0.25, 0.3) is 0 Å². The summed E-state index contributed by atoms with van der Waals surface area (Å²) in [6, 6.07) is -0.196. The summed E-state index contributed by atoms with van der Waals surface area (Å²) in [7, 11) is 0. The highest BCUT2D eigenvalue weighted by Crippen LogP contribution is 2.22. The molecule has 4 atom stereocenters. The second-order valence-corrected chi connectivity index (χ2v) is 8.56. The Morgan fingerprint density at radius 2 is 1.39 bits per heavy atom. The largest absolute Gasteiger partial charge is 0.338 e. The zero-order valence-electron chi connectivity index (χ0n) is 17.2. The number of nitrogens with one attached hydrogen (secondary N) is 3. The number of nitrogens with two attached hydrogens (primary N) is 4. The Kier molecular flexibility index (Phi) is 6.60. The minimum atomic E-state index is -0.0491. The number of piperidine rings is 2. The van der Waals surface area contributed by atoms with Crippen LogP contribution in [0, 0.1) is 0 Å². The van der Waals surface area contributed by atoms with Gasteiger partial charge in [-0.15, -0.1) is 5.53 Å². The Balaban J connectivity index is 1.57. The molecule has 2 fully saturated rings. The van der Waals surface area contributed by atoms with E-state index in [1.807, 2.05) is 9.80 Å². The predicted octanol–water partition coefficient (Wildman–Crippen LogP) is -2.15. The number of hydrazine groups is 3. The molecule has 0 aliphatic carbocycles. The van der Waals surface area contributed by atoms with Crippen molar-refractivity contribution in [3.63, 3.8) is 0 Å². The van der Waals surface area contributed by atoms with Crippen LogP contribution < -0.4 is 49.1 Å². The topological polar surface area (TPSA) is 189 Å². The SMILES string of the molecule is N[C@@H]1C[C@H](N)CN(c2nc(NNN3C=CC=C(Cl)N3)nc(N3C[C@H](N)C[C@H](N)C3)n2)C1. The zero-order chi connectivity index (χ0) is 22.0. The molecular weight excluding hydrogens is 422 g/mol. The lowest BCUT2D eigenvalue weighted by Gasteiger charge is -2.37. The maximum absolute atomic E-state index is 6.17. The van der Waals surface area contributed by atoms with Gasteiger partial charge < -0.3 is 32.7 Å². The van der Waals surface area contributed by atoms with E-state index in [0.717, 1.165) is 12.8 Å². The van der Waals surface area contributed by atoms with Gasteiger partial charge in [0.15, 0.2) is 0 Å². The summed E-state index contributed by atoms with van der Waals surface area (Å²) in [6.45, 7) is 2.44. The molecule has 4 heterocycles. The fourth-order valence-corrected chi connectivity index (χ4v) is 4.12. The van der Waals surface area contributed by atoms with Crippen LogP contribution in [0.25, 0.3) is 0 Å². The summed E-state index contributed by atoms with van der Waals surface area (Å²) in [6.07, 6.45) is 6.78. The first kappa shape index (κ1) is 21.8. The molecule has 1 aromatic heterocycles. The van der Waals surface area contributed by atoms with Gasteiger partial charge >= 0.3 is 0 Å². The molecular formula is C17H30ClN13. The van der Waals surface area contributed by atoms with Gasteiger partial charge in [-0.1, -0.05) is 11.6 Å². The van der Waals surface area contributed by atoms with Crippen LogP contribution in [0.3, 0.4) is 0 Å². The van der Waals surface area contributed by atoms with E-state index in [2.05, 4.69) is 26.4 Å². The number of hydrogen-bond acceptors (Lipinski definition) is 13. The number of rotatable bonds is 5. The van der Waals surface area contributed by atoms with Crippen molar-refractivity contribution >= 4 is 29.4 Å². The van der Waals surface area contributed by atoms with Crippen LogP contribution in [0.5, 0.6) is 0 Å².